The molecule has 0 saturated carbocycles. The summed E-state index contributed by atoms with van der Waals surface area (Å²) in [6.45, 7) is 0.127. The molecule has 0 aliphatic heterocycles. The van der Waals surface area contributed by atoms with Gasteiger partial charge in [-0.1, -0.05) is 0 Å². The van der Waals surface area contributed by atoms with Crippen molar-refractivity contribution in [1.29, 1.82) is 0 Å². The minimum atomic E-state index is -3.96. The first-order valence-electron chi connectivity index (χ1n) is 5.65. The van der Waals surface area contributed by atoms with Gasteiger partial charge in [-0.05, 0) is 6.42 Å². The summed E-state index contributed by atoms with van der Waals surface area (Å²) in [5, 5.41) is 6.31. The Morgan fingerprint density at radius 3 is 2.75 bits per heavy atom. The molecule has 0 unspecified atom stereocenters. The number of hydrogen-bond donors (Lipinski definition) is 4. The van der Waals surface area contributed by atoms with Gasteiger partial charge in [0.1, 0.15) is 12.2 Å². The van der Waals surface area contributed by atoms with Crippen LogP contribution in [0.3, 0.4) is 0 Å². The molecule has 11 heteroatoms. The van der Waals surface area contributed by atoms with Crippen LogP contribution in [0.5, 0.6) is 0 Å². The maximum absolute atomic E-state index is 11.8. The van der Waals surface area contributed by atoms with E-state index < -0.39 is 26.2 Å². The van der Waals surface area contributed by atoms with Gasteiger partial charge < -0.3 is 4.98 Å². The van der Waals surface area contributed by atoms with Crippen molar-refractivity contribution in [3.63, 3.8) is 0 Å². The Bertz CT molecular complexity index is 775. The molecule has 20 heavy (non-hydrogen) atoms. The van der Waals surface area contributed by atoms with Gasteiger partial charge in [-0.15, -0.1) is 0 Å². The predicted octanol–water partition coefficient (Wildman–Crippen LogP) is -1.91. The third-order valence-corrected chi connectivity index (χ3v) is 3.89. The summed E-state index contributed by atoms with van der Waals surface area (Å²) in [5.41, 5.74) is -1.73. The van der Waals surface area contributed by atoms with Crippen molar-refractivity contribution in [3.05, 3.63) is 39.2 Å². The molecule has 0 saturated heterocycles. The molecule has 0 fully saturated rings. The van der Waals surface area contributed by atoms with E-state index >= 15 is 0 Å². The second-order valence-electron chi connectivity index (χ2n) is 3.87. The summed E-state index contributed by atoms with van der Waals surface area (Å²) in [6, 6.07) is 0. The summed E-state index contributed by atoms with van der Waals surface area (Å²) in [6.07, 6.45) is 3.22. The summed E-state index contributed by atoms with van der Waals surface area (Å²) in [7, 11) is -3.96. The van der Waals surface area contributed by atoms with Gasteiger partial charge in [0.2, 0.25) is 10.0 Å². The number of aromatic amines is 3. The molecule has 0 amide bonds. The Hall–Kier alpha value is -2.27. The standard InChI is InChI=1S/C9H12N6O4S/c16-8-6(4-10-9(17)14-8)20(18,19)13-3-1-2-7-11-5-12-15-7/h4-5,13H,1-3H2,(H,11,12,15)(H2,10,14,16,17). The summed E-state index contributed by atoms with van der Waals surface area (Å²) < 4.78 is 25.9. The Morgan fingerprint density at radius 2 is 2.10 bits per heavy atom. The number of aromatic nitrogens is 5. The number of sulfonamides is 1. The SMILES string of the molecule is O=c1[nH]cc(S(=O)(=O)NCCCc2ncn[nH]2)c(=O)[nH]1. The van der Waals surface area contributed by atoms with Crippen LogP contribution in [0, 0.1) is 0 Å². The van der Waals surface area contributed by atoms with Crippen molar-refractivity contribution < 1.29 is 8.42 Å². The molecule has 2 aromatic heterocycles. The van der Waals surface area contributed by atoms with Gasteiger partial charge in [-0.2, -0.15) is 5.10 Å². The zero-order valence-electron chi connectivity index (χ0n) is 10.2. The highest BCUT2D eigenvalue weighted by Gasteiger charge is 2.17. The topological polar surface area (TPSA) is 153 Å². The number of rotatable bonds is 6. The highest BCUT2D eigenvalue weighted by Crippen LogP contribution is 1.99. The molecule has 2 aromatic rings. The second-order valence-corrected chi connectivity index (χ2v) is 5.61. The molecule has 0 atom stereocenters. The van der Waals surface area contributed by atoms with Crippen molar-refractivity contribution in [2.24, 2.45) is 0 Å². The molecule has 108 valence electrons. The van der Waals surface area contributed by atoms with E-state index in [1.54, 1.807) is 0 Å². The van der Waals surface area contributed by atoms with Crippen LogP contribution >= 0.6 is 0 Å². The lowest BCUT2D eigenvalue weighted by Crippen LogP contribution is -2.33. The lowest BCUT2D eigenvalue weighted by atomic mass is 10.3. The predicted molar refractivity (Wildman–Crippen MR) is 67.6 cm³/mol. The quantitative estimate of drug-likeness (QED) is 0.457. The van der Waals surface area contributed by atoms with Crippen LogP contribution in [0.1, 0.15) is 12.2 Å². The molecule has 0 aromatic carbocycles. The number of hydrogen-bond acceptors (Lipinski definition) is 6. The summed E-state index contributed by atoms with van der Waals surface area (Å²) >= 11 is 0. The van der Waals surface area contributed by atoms with Gasteiger partial charge in [-0.25, -0.2) is 22.9 Å². The van der Waals surface area contributed by atoms with Crippen LogP contribution in [0.4, 0.5) is 0 Å². The zero-order valence-corrected chi connectivity index (χ0v) is 11.0. The third kappa shape index (κ3) is 3.39. The van der Waals surface area contributed by atoms with Gasteiger partial charge in [-0.3, -0.25) is 14.9 Å². The van der Waals surface area contributed by atoms with Crippen LogP contribution in [-0.4, -0.2) is 40.1 Å². The molecule has 0 spiro atoms. The highest BCUT2D eigenvalue weighted by molar-refractivity contribution is 7.89. The average Bonchev–Trinajstić information content (AvgIpc) is 2.87. The van der Waals surface area contributed by atoms with Gasteiger partial charge >= 0.3 is 5.69 Å². The minimum Gasteiger partial charge on any atom is -0.313 e. The Kier molecular flexibility index (Phi) is 4.10. The van der Waals surface area contributed by atoms with Crippen LogP contribution in [0.2, 0.25) is 0 Å². The van der Waals surface area contributed by atoms with E-state index in [4.69, 9.17) is 0 Å². The minimum absolute atomic E-state index is 0.127. The van der Waals surface area contributed by atoms with E-state index in [0.29, 0.717) is 18.7 Å². The second kappa shape index (κ2) is 5.79. The van der Waals surface area contributed by atoms with Crippen molar-refractivity contribution in [2.75, 3.05) is 6.54 Å². The monoisotopic (exact) mass is 300 g/mol. The largest absolute Gasteiger partial charge is 0.325 e. The first kappa shape index (κ1) is 14.1. The molecule has 0 bridgehead atoms. The van der Waals surface area contributed by atoms with E-state index in [1.165, 1.54) is 6.33 Å². The van der Waals surface area contributed by atoms with Crippen LogP contribution < -0.4 is 16.0 Å². The van der Waals surface area contributed by atoms with Crippen molar-refractivity contribution in [1.82, 2.24) is 29.9 Å². The first-order valence-corrected chi connectivity index (χ1v) is 7.13. The first-order chi connectivity index (χ1) is 9.49. The maximum atomic E-state index is 11.8. The van der Waals surface area contributed by atoms with Crippen LogP contribution in [0.25, 0.3) is 0 Å². The lowest BCUT2D eigenvalue weighted by Gasteiger charge is -2.04. The van der Waals surface area contributed by atoms with Crippen LogP contribution in [-0.2, 0) is 16.4 Å². The van der Waals surface area contributed by atoms with Crippen molar-refractivity contribution in [3.8, 4) is 0 Å². The zero-order chi connectivity index (χ0) is 14.6. The van der Waals surface area contributed by atoms with E-state index in [0.717, 1.165) is 6.20 Å². The average molecular weight is 300 g/mol. The fourth-order valence-electron chi connectivity index (χ4n) is 1.49. The molecular formula is C9H12N6O4S. The van der Waals surface area contributed by atoms with E-state index in [2.05, 4.69) is 24.9 Å². The Balaban J connectivity index is 1.97. The molecule has 0 aliphatic carbocycles. The van der Waals surface area contributed by atoms with Crippen molar-refractivity contribution >= 4 is 10.0 Å². The fourth-order valence-corrected chi connectivity index (χ4v) is 2.57. The van der Waals surface area contributed by atoms with Gasteiger partial charge in [0, 0.05) is 19.2 Å². The van der Waals surface area contributed by atoms with E-state index in [9.17, 15) is 18.0 Å². The third-order valence-electron chi connectivity index (χ3n) is 2.42. The molecule has 0 aliphatic rings. The van der Waals surface area contributed by atoms with Gasteiger partial charge in [0.15, 0.2) is 4.90 Å². The smallest absolute Gasteiger partial charge is 0.313 e. The summed E-state index contributed by atoms with van der Waals surface area (Å²) in [5.74, 6) is 0.645. The highest BCUT2D eigenvalue weighted by atomic mass is 32.2. The van der Waals surface area contributed by atoms with E-state index in [1.807, 2.05) is 4.98 Å². The molecule has 2 heterocycles. The number of nitrogens with one attached hydrogen (secondary N) is 4. The molecule has 2 rings (SSSR count). The number of aryl methyl sites for hydroxylation is 1. The molecule has 10 nitrogen and oxygen atoms in total. The van der Waals surface area contributed by atoms with Crippen LogP contribution in [0.15, 0.2) is 27.0 Å². The molecule has 4 N–H and O–H groups in total. The Morgan fingerprint density at radius 1 is 1.30 bits per heavy atom. The number of H-pyrrole nitrogens is 3. The van der Waals surface area contributed by atoms with Crippen molar-refractivity contribution in [2.45, 2.75) is 17.7 Å². The molecule has 0 radical (unpaired) electrons. The van der Waals surface area contributed by atoms with E-state index in [-0.39, 0.29) is 6.54 Å². The Labute approximate surface area is 112 Å². The van der Waals surface area contributed by atoms with Gasteiger partial charge in [0.05, 0.1) is 0 Å². The lowest BCUT2D eigenvalue weighted by molar-refractivity contribution is 0.576. The normalized spacial score (nSPS) is 11.6. The maximum Gasteiger partial charge on any atom is 0.325 e. The summed E-state index contributed by atoms with van der Waals surface area (Å²) in [4.78, 5) is 29.5. The number of nitrogens with zero attached hydrogens (tertiary/aromatic N) is 2. The fraction of sp³-hybridized carbons (Fsp3) is 0.333. The molecular weight excluding hydrogens is 288 g/mol. The van der Waals surface area contributed by atoms with Gasteiger partial charge in [0.25, 0.3) is 5.56 Å².